The summed E-state index contributed by atoms with van der Waals surface area (Å²) in [4.78, 5) is 15.3. The summed E-state index contributed by atoms with van der Waals surface area (Å²) in [6.07, 6.45) is 1.48. The quantitative estimate of drug-likeness (QED) is 0.889. The van der Waals surface area contributed by atoms with E-state index < -0.39 is 5.97 Å². The first-order valence-corrected chi connectivity index (χ1v) is 6.33. The summed E-state index contributed by atoms with van der Waals surface area (Å²) in [6.45, 7) is 1.65. The van der Waals surface area contributed by atoms with Crippen molar-refractivity contribution >= 4 is 17.3 Å². The summed E-state index contributed by atoms with van der Waals surface area (Å²) < 4.78 is 0. The van der Waals surface area contributed by atoms with Crippen molar-refractivity contribution in [2.75, 3.05) is 37.0 Å². The molecule has 18 heavy (non-hydrogen) atoms. The summed E-state index contributed by atoms with van der Waals surface area (Å²) in [5.74, 6) is -0.824. The fraction of sp³-hybridized carbons (Fsp3) is 0.500. The largest absolute Gasteiger partial charge is 0.481 e. The Bertz CT molecular complexity index is 424. The van der Waals surface area contributed by atoms with Gasteiger partial charge in [-0.1, -0.05) is 6.07 Å². The standard InChI is InChI=1S/C14H20N2O2/c1-15(2)12-4-3-5-13(10-12)16-8-6-11(7-9-16)14(17)18/h3-5,10-11H,6-9H2,1-2H3,(H,17,18). The SMILES string of the molecule is CN(C)c1cccc(N2CCC(C(=O)O)CC2)c1. The van der Waals surface area contributed by atoms with Crippen LogP contribution in [0.1, 0.15) is 12.8 Å². The molecule has 4 nitrogen and oxygen atoms in total. The van der Waals surface area contributed by atoms with Gasteiger partial charge in [0.25, 0.3) is 0 Å². The first-order valence-electron chi connectivity index (χ1n) is 6.33. The molecule has 0 bridgehead atoms. The summed E-state index contributed by atoms with van der Waals surface area (Å²) in [5, 5.41) is 8.99. The molecular formula is C14H20N2O2. The minimum Gasteiger partial charge on any atom is -0.481 e. The van der Waals surface area contributed by atoms with Crippen molar-refractivity contribution in [1.82, 2.24) is 0 Å². The molecule has 0 spiro atoms. The number of nitrogens with zero attached hydrogens (tertiary/aromatic N) is 2. The zero-order chi connectivity index (χ0) is 13.1. The van der Waals surface area contributed by atoms with Crippen LogP contribution in [0.2, 0.25) is 0 Å². The van der Waals surface area contributed by atoms with Crippen LogP contribution in [0.3, 0.4) is 0 Å². The second-order valence-corrected chi connectivity index (χ2v) is 5.01. The maximum Gasteiger partial charge on any atom is 0.306 e. The van der Waals surface area contributed by atoms with Gasteiger partial charge in [-0.2, -0.15) is 0 Å². The van der Waals surface area contributed by atoms with Crippen LogP contribution >= 0.6 is 0 Å². The normalized spacial score (nSPS) is 16.7. The number of rotatable bonds is 3. The summed E-state index contributed by atoms with van der Waals surface area (Å²) >= 11 is 0. The van der Waals surface area contributed by atoms with E-state index in [4.69, 9.17) is 5.11 Å². The number of aliphatic carboxylic acids is 1. The lowest BCUT2D eigenvalue weighted by molar-refractivity contribution is -0.142. The fourth-order valence-electron chi connectivity index (χ4n) is 2.35. The lowest BCUT2D eigenvalue weighted by atomic mass is 9.97. The molecule has 0 aromatic heterocycles. The van der Waals surface area contributed by atoms with Gasteiger partial charge in [-0.3, -0.25) is 4.79 Å². The van der Waals surface area contributed by atoms with Gasteiger partial charge >= 0.3 is 5.97 Å². The number of carboxylic acid groups (broad SMARTS) is 1. The predicted molar refractivity (Wildman–Crippen MR) is 73.3 cm³/mol. The van der Waals surface area contributed by atoms with Gasteiger partial charge in [-0.15, -0.1) is 0 Å². The lowest BCUT2D eigenvalue weighted by Gasteiger charge is -2.32. The van der Waals surface area contributed by atoms with E-state index in [1.165, 1.54) is 11.4 Å². The third kappa shape index (κ3) is 2.75. The van der Waals surface area contributed by atoms with Crippen molar-refractivity contribution in [2.45, 2.75) is 12.8 Å². The predicted octanol–water partition coefficient (Wildman–Crippen LogP) is 2.05. The Balaban J connectivity index is 2.05. The number of hydrogen-bond donors (Lipinski definition) is 1. The van der Waals surface area contributed by atoms with Gasteiger partial charge in [-0.25, -0.2) is 0 Å². The Morgan fingerprint density at radius 2 is 2.00 bits per heavy atom. The molecule has 4 heteroatoms. The Hall–Kier alpha value is -1.71. The molecular weight excluding hydrogens is 228 g/mol. The van der Waals surface area contributed by atoms with Gasteiger partial charge in [0.1, 0.15) is 0 Å². The highest BCUT2D eigenvalue weighted by atomic mass is 16.4. The molecule has 0 amide bonds. The minimum absolute atomic E-state index is 0.168. The van der Waals surface area contributed by atoms with E-state index in [0.29, 0.717) is 0 Å². The molecule has 2 rings (SSSR count). The second kappa shape index (κ2) is 5.29. The molecule has 1 saturated heterocycles. The van der Waals surface area contributed by atoms with E-state index >= 15 is 0 Å². The highest BCUT2D eigenvalue weighted by molar-refractivity contribution is 5.70. The molecule has 1 aliphatic heterocycles. The molecule has 1 aromatic rings. The minimum atomic E-state index is -0.656. The zero-order valence-electron chi connectivity index (χ0n) is 11.0. The van der Waals surface area contributed by atoms with Crippen molar-refractivity contribution in [3.05, 3.63) is 24.3 Å². The number of anilines is 2. The average Bonchev–Trinajstić information content (AvgIpc) is 2.39. The number of carbonyl (C=O) groups is 1. The van der Waals surface area contributed by atoms with Gasteiger partial charge in [-0.05, 0) is 31.0 Å². The topological polar surface area (TPSA) is 43.8 Å². The smallest absolute Gasteiger partial charge is 0.306 e. The molecule has 1 aliphatic rings. The van der Waals surface area contributed by atoms with Gasteiger partial charge in [0.15, 0.2) is 0 Å². The molecule has 1 fully saturated rings. The van der Waals surface area contributed by atoms with E-state index in [-0.39, 0.29) is 5.92 Å². The number of hydrogen-bond acceptors (Lipinski definition) is 3. The van der Waals surface area contributed by atoms with E-state index in [0.717, 1.165) is 25.9 Å². The number of benzene rings is 1. The number of carboxylic acids is 1. The van der Waals surface area contributed by atoms with Crippen LogP contribution in [0.25, 0.3) is 0 Å². The second-order valence-electron chi connectivity index (χ2n) is 5.01. The van der Waals surface area contributed by atoms with E-state index in [1.807, 2.05) is 20.2 Å². The van der Waals surface area contributed by atoms with Crippen LogP contribution in [0.5, 0.6) is 0 Å². The van der Waals surface area contributed by atoms with E-state index in [1.54, 1.807) is 0 Å². The third-order valence-corrected chi connectivity index (χ3v) is 3.56. The highest BCUT2D eigenvalue weighted by Gasteiger charge is 2.24. The first-order chi connectivity index (χ1) is 8.58. The van der Waals surface area contributed by atoms with Gasteiger partial charge in [0, 0.05) is 38.6 Å². The Morgan fingerprint density at radius 1 is 1.33 bits per heavy atom. The first kappa shape index (κ1) is 12.7. The van der Waals surface area contributed by atoms with Crippen molar-refractivity contribution in [1.29, 1.82) is 0 Å². The van der Waals surface area contributed by atoms with Gasteiger partial charge in [0.2, 0.25) is 0 Å². The van der Waals surface area contributed by atoms with E-state index in [2.05, 4.69) is 28.0 Å². The molecule has 0 unspecified atom stereocenters. The molecule has 1 N–H and O–H groups in total. The summed E-state index contributed by atoms with van der Waals surface area (Å²) in [6, 6.07) is 8.37. The Labute approximate surface area is 108 Å². The molecule has 98 valence electrons. The fourth-order valence-corrected chi connectivity index (χ4v) is 2.35. The zero-order valence-corrected chi connectivity index (χ0v) is 11.0. The van der Waals surface area contributed by atoms with Gasteiger partial charge in [0.05, 0.1) is 5.92 Å². The maximum atomic E-state index is 10.9. The van der Waals surface area contributed by atoms with Crippen LogP contribution in [0, 0.1) is 5.92 Å². The number of piperidine rings is 1. The van der Waals surface area contributed by atoms with Crippen LogP contribution in [0.4, 0.5) is 11.4 Å². The van der Waals surface area contributed by atoms with Crippen LogP contribution in [-0.4, -0.2) is 38.3 Å². The van der Waals surface area contributed by atoms with Crippen LogP contribution in [-0.2, 0) is 4.79 Å². The average molecular weight is 248 g/mol. The molecule has 0 saturated carbocycles. The van der Waals surface area contributed by atoms with Gasteiger partial charge < -0.3 is 14.9 Å². The highest BCUT2D eigenvalue weighted by Crippen LogP contribution is 2.26. The summed E-state index contributed by atoms with van der Waals surface area (Å²) in [5.41, 5.74) is 2.36. The van der Waals surface area contributed by atoms with Crippen LogP contribution < -0.4 is 9.80 Å². The molecule has 0 radical (unpaired) electrons. The monoisotopic (exact) mass is 248 g/mol. The lowest BCUT2D eigenvalue weighted by Crippen LogP contribution is -2.36. The van der Waals surface area contributed by atoms with Crippen molar-refractivity contribution < 1.29 is 9.90 Å². The van der Waals surface area contributed by atoms with Crippen molar-refractivity contribution in [3.8, 4) is 0 Å². The molecule has 0 atom stereocenters. The maximum absolute atomic E-state index is 10.9. The van der Waals surface area contributed by atoms with Crippen LogP contribution in [0.15, 0.2) is 24.3 Å². The molecule has 0 aliphatic carbocycles. The Kier molecular flexibility index (Phi) is 3.75. The third-order valence-electron chi connectivity index (χ3n) is 3.56. The van der Waals surface area contributed by atoms with Crippen molar-refractivity contribution in [3.63, 3.8) is 0 Å². The Morgan fingerprint density at radius 3 is 2.56 bits per heavy atom. The summed E-state index contributed by atoms with van der Waals surface area (Å²) in [7, 11) is 4.05. The van der Waals surface area contributed by atoms with Crippen molar-refractivity contribution in [2.24, 2.45) is 5.92 Å². The molecule has 1 heterocycles. The molecule has 1 aromatic carbocycles. The van der Waals surface area contributed by atoms with E-state index in [9.17, 15) is 4.79 Å².